The molecule has 0 aliphatic rings. The van der Waals surface area contributed by atoms with E-state index in [-0.39, 0.29) is 5.75 Å². The second-order valence-electron chi connectivity index (χ2n) is 3.42. The molecule has 0 amide bonds. The Bertz CT molecular complexity index is 473. The Kier molecular flexibility index (Phi) is 5.52. The van der Waals surface area contributed by atoms with Gasteiger partial charge in [-0.25, -0.2) is 0 Å². The predicted octanol–water partition coefficient (Wildman–Crippen LogP) is 3.04. The largest absolute Gasteiger partial charge is 0.494 e. The average Bonchev–Trinajstić information content (AvgIpc) is 2.21. The van der Waals surface area contributed by atoms with Crippen molar-refractivity contribution < 1.29 is 17.7 Å². The standard InChI is InChI=1S/C10H12Cl2O4S/c11-9-4-3-8(7-10(9)12)16-5-1-2-6-17(13,14)15/h3-4,7H,1-2,5-6H2,(H,13,14,15). The third-order valence-electron chi connectivity index (χ3n) is 1.96. The van der Waals surface area contributed by atoms with Gasteiger partial charge < -0.3 is 4.74 Å². The molecule has 0 radical (unpaired) electrons. The third-order valence-corrected chi connectivity index (χ3v) is 3.50. The Morgan fingerprint density at radius 1 is 1.18 bits per heavy atom. The van der Waals surface area contributed by atoms with E-state index in [9.17, 15) is 8.42 Å². The van der Waals surface area contributed by atoms with Crippen molar-refractivity contribution in [3.8, 4) is 5.75 Å². The monoisotopic (exact) mass is 298 g/mol. The maximum absolute atomic E-state index is 10.4. The molecule has 0 aliphatic heterocycles. The van der Waals surface area contributed by atoms with Gasteiger partial charge in [0.2, 0.25) is 0 Å². The molecular formula is C10H12Cl2O4S. The van der Waals surface area contributed by atoms with Crippen molar-refractivity contribution in [2.75, 3.05) is 12.4 Å². The fourth-order valence-electron chi connectivity index (χ4n) is 1.14. The highest BCUT2D eigenvalue weighted by atomic mass is 35.5. The number of ether oxygens (including phenoxy) is 1. The summed E-state index contributed by atoms with van der Waals surface area (Å²) in [5.41, 5.74) is 0. The lowest BCUT2D eigenvalue weighted by Crippen LogP contribution is -2.06. The van der Waals surface area contributed by atoms with Crippen LogP contribution < -0.4 is 4.74 Å². The lowest BCUT2D eigenvalue weighted by molar-refractivity contribution is 0.309. The van der Waals surface area contributed by atoms with Gasteiger partial charge in [-0.15, -0.1) is 0 Å². The molecule has 1 aromatic rings. The first kappa shape index (κ1) is 14.6. The summed E-state index contributed by atoms with van der Waals surface area (Å²) in [6, 6.07) is 4.89. The van der Waals surface area contributed by atoms with E-state index >= 15 is 0 Å². The van der Waals surface area contributed by atoms with Crippen LogP contribution in [-0.2, 0) is 10.1 Å². The normalized spacial score (nSPS) is 11.5. The van der Waals surface area contributed by atoms with Gasteiger partial charge in [0.1, 0.15) is 5.75 Å². The van der Waals surface area contributed by atoms with Crippen molar-refractivity contribution in [1.82, 2.24) is 0 Å². The van der Waals surface area contributed by atoms with Crippen molar-refractivity contribution in [3.63, 3.8) is 0 Å². The number of hydrogen-bond donors (Lipinski definition) is 1. The van der Waals surface area contributed by atoms with Crippen LogP contribution in [0.3, 0.4) is 0 Å². The minimum absolute atomic E-state index is 0.252. The molecule has 4 nitrogen and oxygen atoms in total. The summed E-state index contributed by atoms with van der Waals surface area (Å²) < 4.78 is 34.7. The maximum Gasteiger partial charge on any atom is 0.264 e. The molecule has 1 N–H and O–H groups in total. The first-order valence-electron chi connectivity index (χ1n) is 4.91. The molecule has 0 fully saturated rings. The zero-order chi connectivity index (χ0) is 12.9. The molecule has 7 heteroatoms. The zero-order valence-corrected chi connectivity index (χ0v) is 11.2. The van der Waals surface area contributed by atoms with Crippen LogP contribution in [0.4, 0.5) is 0 Å². The molecule has 1 rings (SSSR count). The molecule has 0 aliphatic carbocycles. The van der Waals surface area contributed by atoms with E-state index in [0.29, 0.717) is 35.2 Å². The SMILES string of the molecule is O=S(=O)(O)CCCCOc1ccc(Cl)c(Cl)c1. The van der Waals surface area contributed by atoms with Gasteiger partial charge in [-0.2, -0.15) is 8.42 Å². The minimum atomic E-state index is -3.88. The first-order valence-corrected chi connectivity index (χ1v) is 7.28. The van der Waals surface area contributed by atoms with Crippen LogP contribution >= 0.6 is 23.2 Å². The Balaban J connectivity index is 2.29. The highest BCUT2D eigenvalue weighted by molar-refractivity contribution is 7.85. The van der Waals surface area contributed by atoms with E-state index in [1.165, 1.54) is 0 Å². The van der Waals surface area contributed by atoms with Crippen LogP contribution in [0.15, 0.2) is 18.2 Å². The van der Waals surface area contributed by atoms with Crippen LogP contribution in [0.2, 0.25) is 10.0 Å². The summed E-state index contributed by atoms with van der Waals surface area (Å²) >= 11 is 11.5. The summed E-state index contributed by atoms with van der Waals surface area (Å²) in [5, 5.41) is 0.854. The molecule has 17 heavy (non-hydrogen) atoms. The molecule has 1 aromatic carbocycles. The smallest absolute Gasteiger partial charge is 0.264 e. The van der Waals surface area contributed by atoms with Crippen LogP contribution in [0, 0.1) is 0 Å². The summed E-state index contributed by atoms with van der Waals surface area (Å²) in [6.45, 7) is 0.355. The second-order valence-corrected chi connectivity index (χ2v) is 5.80. The van der Waals surface area contributed by atoms with E-state index in [4.69, 9.17) is 32.5 Å². The molecule has 0 saturated heterocycles. The summed E-state index contributed by atoms with van der Waals surface area (Å²) in [4.78, 5) is 0. The molecule has 0 bridgehead atoms. The molecule has 0 saturated carbocycles. The second kappa shape index (κ2) is 6.44. The van der Waals surface area contributed by atoms with E-state index in [2.05, 4.69) is 0 Å². The van der Waals surface area contributed by atoms with Gasteiger partial charge in [-0.3, -0.25) is 4.55 Å². The predicted molar refractivity (Wildman–Crippen MR) is 67.6 cm³/mol. The van der Waals surface area contributed by atoms with Crippen molar-refractivity contribution in [2.24, 2.45) is 0 Å². The molecule has 0 heterocycles. The number of unbranched alkanes of at least 4 members (excludes halogenated alkanes) is 1. The summed E-state index contributed by atoms with van der Waals surface area (Å²) in [5.74, 6) is 0.323. The Morgan fingerprint density at radius 3 is 2.47 bits per heavy atom. The van der Waals surface area contributed by atoms with E-state index in [1.807, 2.05) is 0 Å². The number of halogens is 2. The minimum Gasteiger partial charge on any atom is -0.494 e. The molecule has 0 unspecified atom stereocenters. The van der Waals surface area contributed by atoms with Crippen LogP contribution in [-0.4, -0.2) is 25.3 Å². The average molecular weight is 299 g/mol. The van der Waals surface area contributed by atoms with Gasteiger partial charge in [-0.1, -0.05) is 23.2 Å². The van der Waals surface area contributed by atoms with Gasteiger partial charge in [0.15, 0.2) is 0 Å². The first-order chi connectivity index (χ1) is 7.88. The van der Waals surface area contributed by atoms with Crippen LogP contribution in [0.5, 0.6) is 5.75 Å². The Morgan fingerprint density at radius 2 is 1.88 bits per heavy atom. The zero-order valence-electron chi connectivity index (χ0n) is 8.90. The number of benzene rings is 1. The third kappa shape index (κ3) is 6.12. The van der Waals surface area contributed by atoms with Gasteiger partial charge >= 0.3 is 0 Å². The summed E-state index contributed by atoms with van der Waals surface area (Å²) in [6.07, 6.45) is 0.875. The lowest BCUT2D eigenvalue weighted by atomic mass is 10.3. The van der Waals surface area contributed by atoms with Gasteiger partial charge in [0.05, 0.1) is 22.4 Å². The van der Waals surface area contributed by atoms with E-state index in [1.54, 1.807) is 18.2 Å². The molecule has 0 aromatic heterocycles. The van der Waals surface area contributed by atoms with Crippen molar-refractivity contribution in [3.05, 3.63) is 28.2 Å². The van der Waals surface area contributed by atoms with Gasteiger partial charge in [0, 0.05) is 6.07 Å². The fraction of sp³-hybridized carbons (Fsp3) is 0.400. The van der Waals surface area contributed by atoms with Crippen molar-refractivity contribution >= 4 is 33.3 Å². The highest BCUT2D eigenvalue weighted by Gasteiger charge is 2.04. The molecule has 0 atom stereocenters. The Labute approximate surface area is 110 Å². The van der Waals surface area contributed by atoms with Crippen LogP contribution in [0.25, 0.3) is 0 Å². The lowest BCUT2D eigenvalue weighted by Gasteiger charge is -2.06. The molecular weight excluding hydrogens is 287 g/mol. The van der Waals surface area contributed by atoms with E-state index in [0.717, 1.165) is 0 Å². The highest BCUT2D eigenvalue weighted by Crippen LogP contribution is 2.26. The van der Waals surface area contributed by atoms with Gasteiger partial charge in [0.25, 0.3) is 10.1 Å². The maximum atomic E-state index is 10.4. The van der Waals surface area contributed by atoms with Gasteiger partial charge in [-0.05, 0) is 25.0 Å². The summed E-state index contributed by atoms with van der Waals surface area (Å²) in [7, 11) is -3.88. The topological polar surface area (TPSA) is 63.6 Å². The van der Waals surface area contributed by atoms with E-state index < -0.39 is 10.1 Å². The number of hydrogen-bond acceptors (Lipinski definition) is 3. The molecule has 96 valence electrons. The Hall–Kier alpha value is -0.490. The fourth-order valence-corrected chi connectivity index (χ4v) is 2.00. The number of rotatable bonds is 6. The van der Waals surface area contributed by atoms with Crippen LogP contribution in [0.1, 0.15) is 12.8 Å². The van der Waals surface area contributed by atoms with Crippen molar-refractivity contribution in [2.45, 2.75) is 12.8 Å². The molecule has 0 spiro atoms. The quantitative estimate of drug-likeness (QED) is 0.648. The van der Waals surface area contributed by atoms with Crippen molar-refractivity contribution in [1.29, 1.82) is 0 Å².